The highest BCUT2D eigenvalue weighted by atomic mass is 35.5. The lowest BCUT2D eigenvalue weighted by Gasteiger charge is -2.12. The van der Waals surface area contributed by atoms with Gasteiger partial charge in [-0.15, -0.1) is 12.4 Å². The number of nitrogens with two attached hydrogens (primary N) is 1. The van der Waals surface area contributed by atoms with Gasteiger partial charge in [0.2, 0.25) is 5.76 Å². The van der Waals surface area contributed by atoms with Crippen molar-refractivity contribution < 1.29 is 14.4 Å². The molecule has 0 aromatic carbocycles. The predicted octanol–water partition coefficient (Wildman–Crippen LogP) is 0.988. The second-order valence-corrected chi connectivity index (χ2v) is 3.10. The fourth-order valence-electron chi connectivity index (χ4n) is 0.680. The van der Waals surface area contributed by atoms with Crippen LogP contribution in [0.3, 0.4) is 0 Å². The molecule has 0 aliphatic heterocycles. The predicted molar refractivity (Wildman–Crippen MR) is 47.9 cm³/mol. The molecule has 1 aromatic rings. The second-order valence-electron chi connectivity index (χ2n) is 3.10. The van der Waals surface area contributed by atoms with Gasteiger partial charge in [-0.05, 0) is 13.8 Å². The SMILES string of the molecule is CC(C)(N)c1cc(C(=O)O)on1.Cl. The summed E-state index contributed by atoms with van der Waals surface area (Å²) in [7, 11) is 0. The highest BCUT2D eigenvalue weighted by Crippen LogP contribution is 2.16. The molecule has 0 radical (unpaired) electrons. The van der Waals surface area contributed by atoms with Crippen molar-refractivity contribution in [1.82, 2.24) is 5.16 Å². The fraction of sp³-hybridized carbons (Fsp3) is 0.429. The number of carboxylic acid groups (broad SMARTS) is 1. The number of halogens is 1. The molecule has 0 spiro atoms. The van der Waals surface area contributed by atoms with Gasteiger partial charge in [-0.2, -0.15) is 0 Å². The van der Waals surface area contributed by atoms with Crippen molar-refractivity contribution in [3.05, 3.63) is 17.5 Å². The summed E-state index contributed by atoms with van der Waals surface area (Å²) < 4.78 is 4.52. The summed E-state index contributed by atoms with van der Waals surface area (Å²) in [6.07, 6.45) is 0. The summed E-state index contributed by atoms with van der Waals surface area (Å²) in [5, 5.41) is 12.0. The van der Waals surface area contributed by atoms with Crippen molar-refractivity contribution in [2.75, 3.05) is 0 Å². The summed E-state index contributed by atoms with van der Waals surface area (Å²) in [5.74, 6) is -1.33. The summed E-state index contributed by atoms with van der Waals surface area (Å²) in [4.78, 5) is 10.4. The van der Waals surface area contributed by atoms with Crippen LogP contribution in [0.1, 0.15) is 30.1 Å². The van der Waals surface area contributed by atoms with E-state index in [4.69, 9.17) is 10.8 Å². The van der Waals surface area contributed by atoms with Crippen molar-refractivity contribution in [1.29, 1.82) is 0 Å². The molecule has 13 heavy (non-hydrogen) atoms. The number of rotatable bonds is 2. The highest BCUT2D eigenvalue weighted by molar-refractivity contribution is 5.85. The molecule has 0 fully saturated rings. The zero-order chi connectivity index (χ0) is 9.35. The van der Waals surface area contributed by atoms with Gasteiger partial charge >= 0.3 is 5.97 Å². The van der Waals surface area contributed by atoms with Crippen LogP contribution in [0.4, 0.5) is 0 Å². The van der Waals surface area contributed by atoms with Gasteiger partial charge in [0.1, 0.15) is 5.69 Å². The third-order valence-corrected chi connectivity index (χ3v) is 1.38. The normalized spacial score (nSPS) is 10.7. The van der Waals surface area contributed by atoms with E-state index in [1.807, 2.05) is 0 Å². The Balaban J connectivity index is 0.00000144. The van der Waals surface area contributed by atoms with E-state index < -0.39 is 11.5 Å². The monoisotopic (exact) mass is 206 g/mol. The lowest BCUT2D eigenvalue weighted by molar-refractivity contribution is 0.0651. The van der Waals surface area contributed by atoms with Gasteiger partial charge in [0.15, 0.2) is 0 Å². The van der Waals surface area contributed by atoms with E-state index in [9.17, 15) is 4.79 Å². The lowest BCUT2D eigenvalue weighted by Crippen LogP contribution is -2.28. The van der Waals surface area contributed by atoms with Gasteiger partial charge in [-0.3, -0.25) is 0 Å². The molecule has 1 rings (SSSR count). The standard InChI is InChI=1S/C7H10N2O3.ClH/c1-7(2,8)5-3-4(6(10)11)12-9-5;/h3H,8H2,1-2H3,(H,10,11);1H. The lowest BCUT2D eigenvalue weighted by atomic mass is 10.0. The summed E-state index contributed by atoms with van der Waals surface area (Å²) in [6, 6.07) is 1.32. The van der Waals surface area contributed by atoms with Crippen LogP contribution in [0.25, 0.3) is 0 Å². The Labute approximate surface area is 81.3 Å². The van der Waals surface area contributed by atoms with Crippen LogP contribution in [-0.4, -0.2) is 16.2 Å². The van der Waals surface area contributed by atoms with Crippen LogP contribution < -0.4 is 5.73 Å². The van der Waals surface area contributed by atoms with E-state index in [-0.39, 0.29) is 18.2 Å². The molecule has 0 bridgehead atoms. The molecular formula is C7H11ClN2O3. The summed E-state index contributed by atoms with van der Waals surface area (Å²) in [5.41, 5.74) is 5.42. The first-order chi connectivity index (χ1) is 5.41. The average Bonchev–Trinajstić information content (AvgIpc) is 2.30. The maximum atomic E-state index is 10.4. The minimum atomic E-state index is -1.14. The zero-order valence-corrected chi connectivity index (χ0v) is 8.09. The van der Waals surface area contributed by atoms with Gasteiger partial charge < -0.3 is 15.4 Å². The molecule has 74 valence electrons. The minimum Gasteiger partial charge on any atom is -0.475 e. The van der Waals surface area contributed by atoms with E-state index in [1.165, 1.54) is 6.07 Å². The van der Waals surface area contributed by atoms with Crippen LogP contribution in [0.15, 0.2) is 10.6 Å². The zero-order valence-electron chi connectivity index (χ0n) is 7.27. The number of nitrogens with zero attached hydrogens (tertiary/aromatic N) is 1. The van der Waals surface area contributed by atoms with Gasteiger partial charge in [-0.1, -0.05) is 5.16 Å². The van der Waals surface area contributed by atoms with E-state index in [0.29, 0.717) is 5.69 Å². The van der Waals surface area contributed by atoms with Crippen LogP contribution in [0.2, 0.25) is 0 Å². The Morgan fingerprint density at radius 1 is 1.69 bits per heavy atom. The molecule has 0 amide bonds. The maximum Gasteiger partial charge on any atom is 0.374 e. The van der Waals surface area contributed by atoms with E-state index in [1.54, 1.807) is 13.8 Å². The van der Waals surface area contributed by atoms with Crippen molar-refractivity contribution in [2.24, 2.45) is 5.73 Å². The van der Waals surface area contributed by atoms with E-state index >= 15 is 0 Å². The molecule has 0 unspecified atom stereocenters. The van der Waals surface area contributed by atoms with Gasteiger partial charge in [0, 0.05) is 6.07 Å². The van der Waals surface area contributed by atoms with Crippen molar-refractivity contribution in [3.8, 4) is 0 Å². The fourth-order valence-corrected chi connectivity index (χ4v) is 0.680. The molecule has 0 saturated carbocycles. The van der Waals surface area contributed by atoms with Gasteiger partial charge in [0.25, 0.3) is 0 Å². The van der Waals surface area contributed by atoms with Gasteiger partial charge in [0.05, 0.1) is 5.54 Å². The number of aromatic carboxylic acids is 1. The molecule has 3 N–H and O–H groups in total. The third-order valence-electron chi connectivity index (χ3n) is 1.38. The molecule has 5 nitrogen and oxygen atoms in total. The first-order valence-corrected chi connectivity index (χ1v) is 3.40. The first-order valence-electron chi connectivity index (χ1n) is 3.40. The van der Waals surface area contributed by atoms with Crippen LogP contribution in [-0.2, 0) is 5.54 Å². The Bertz CT molecular complexity index is 303. The average molecular weight is 207 g/mol. The molecule has 0 saturated heterocycles. The van der Waals surface area contributed by atoms with Crippen molar-refractivity contribution in [2.45, 2.75) is 19.4 Å². The molecule has 6 heteroatoms. The summed E-state index contributed by atoms with van der Waals surface area (Å²) >= 11 is 0. The smallest absolute Gasteiger partial charge is 0.374 e. The number of carboxylic acids is 1. The Kier molecular flexibility index (Phi) is 3.45. The topological polar surface area (TPSA) is 89.4 Å². The van der Waals surface area contributed by atoms with Crippen LogP contribution in [0.5, 0.6) is 0 Å². The number of aromatic nitrogens is 1. The van der Waals surface area contributed by atoms with Crippen LogP contribution in [0, 0.1) is 0 Å². The van der Waals surface area contributed by atoms with Crippen molar-refractivity contribution >= 4 is 18.4 Å². The molecule has 0 aliphatic carbocycles. The second kappa shape index (κ2) is 3.76. The largest absolute Gasteiger partial charge is 0.475 e. The molecular weight excluding hydrogens is 196 g/mol. The van der Waals surface area contributed by atoms with Gasteiger partial charge in [-0.25, -0.2) is 4.79 Å². The first kappa shape index (κ1) is 11.9. The quantitative estimate of drug-likeness (QED) is 0.753. The Morgan fingerprint density at radius 3 is 2.46 bits per heavy atom. The molecule has 1 heterocycles. The molecule has 1 aromatic heterocycles. The van der Waals surface area contributed by atoms with E-state index in [2.05, 4.69) is 9.68 Å². The Morgan fingerprint density at radius 2 is 2.23 bits per heavy atom. The number of carbonyl (C=O) groups is 1. The molecule has 0 atom stereocenters. The molecule has 0 aliphatic rings. The third kappa shape index (κ3) is 2.71. The van der Waals surface area contributed by atoms with Crippen LogP contribution >= 0.6 is 12.4 Å². The Hall–Kier alpha value is -1.07. The summed E-state index contributed by atoms with van der Waals surface area (Å²) in [6.45, 7) is 3.44. The van der Waals surface area contributed by atoms with Crippen molar-refractivity contribution in [3.63, 3.8) is 0 Å². The van der Waals surface area contributed by atoms with E-state index in [0.717, 1.165) is 0 Å². The number of hydrogen-bond donors (Lipinski definition) is 2. The highest BCUT2D eigenvalue weighted by Gasteiger charge is 2.21. The maximum absolute atomic E-state index is 10.4. The minimum absolute atomic E-state index is 0. The number of hydrogen-bond acceptors (Lipinski definition) is 4.